The maximum atomic E-state index is 13.6. The van der Waals surface area contributed by atoms with E-state index in [-0.39, 0.29) is 17.7 Å². The Bertz CT molecular complexity index is 1380. The number of halogens is 2. The molecule has 1 fully saturated rings. The van der Waals surface area contributed by atoms with Crippen LogP contribution in [-0.2, 0) is 6.54 Å². The van der Waals surface area contributed by atoms with Crippen LogP contribution in [0.1, 0.15) is 18.4 Å². The largest absolute Gasteiger partial charge is 0.489 e. The molecule has 4 aromatic rings. The van der Waals surface area contributed by atoms with Gasteiger partial charge in [-0.15, -0.1) is 0 Å². The standard InChI is InChI=1S/C27H25F2N5O2/c28-22-13-21(14-23(29)15-22)25-6-7-26(35)34(32-25)18-19-4-3-5-20(12-19)27-30-16-24(17-31-27)36-11-10-33-8-1-2-9-33/h3-7,12-17H,1-2,8-11,18H2. The lowest BCUT2D eigenvalue weighted by Gasteiger charge is -2.14. The van der Waals surface area contributed by atoms with Crippen molar-refractivity contribution < 1.29 is 13.5 Å². The van der Waals surface area contributed by atoms with Crippen molar-refractivity contribution in [1.29, 1.82) is 0 Å². The highest BCUT2D eigenvalue weighted by atomic mass is 19.1. The molecular formula is C27H25F2N5O2. The average molecular weight is 490 g/mol. The molecule has 7 nitrogen and oxygen atoms in total. The minimum absolute atomic E-state index is 0.177. The fraction of sp³-hybridized carbons (Fsp3) is 0.259. The number of benzene rings is 2. The quantitative estimate of drug-likeness (QED) is 0.370. The Morgan fingerprint density at radius 2 is 1.64 bits per heavy atom. The van der Waals surface area contributed by atoms with E-state index < -0.39 is 11.6 Å². The topological polar surface area (TPSA) is 73.1 Å². The second-order valence-electron chi connectivity index (χ2n) is 8.71. The van der Waals surface area contributed by atoms with Gasteiger partial charge in [0.15, 0.2) is 11.6 Å². The van der Waals surface area contributed by atoms with Crippen molar-refractivity contribution in [2.75, 3.05) is 26.2 Å². The van der Waals surface area contributed by atoms with E-state index >= 15 is 0 Å². The summed E-state index contributed by atoms with van der Waals surface area (Å²) in [6, 6.07) is 13.4. The van der Waals surface area contributed by atoms with Crippen LogP contribution >= 0.6 is 0 Å². The first-order valence-corrected chi connectivity index (χ1v) is 11.8. The van der Waals surface area contributed by atoms with Gasteiger partial charge in [0.05, 0.1) is 24.6 Å². The smallest absolute Gasteiger partial charge is 0.267 e. The van der Waals surface area contributed by atoms with Crippen molar-refractivity contribution >= 4 is 0 Å². The molecule has 5 rings (SSSR count). The summed E-state index contributed by atoms with van der Waals surface area (Å²) in [5, 5.41) is 4.31. The number of hydrogen-bond acceptors (Lipinski definition) is 6. The highest BCUT2D eigenvalue weighted by molar-refractivity contribution is 5.58. The van der Waals surface area contributed by atoms with Crippen LogP contribution in [0, 0.1) is 11.6 Å². The first-order valence-electron chi connectivity index (χ1n) is 11.8. The van der Waals surface area contributed by atoms with E-state index in [2.05, 4.69) is 20.0 Å². The summed E-state index contributed by atoms with van der Waals surface area (Å²) in [4.78, 5) is 23.7. The molecule has 9 heteroatoms. The number of nitrogens with zero attached hydrogens (tertiary/aromatic N) is 5. The lowest BCUT2D eigenvalue weighted by Crippen LogP contribution is -2.25. The molecule has 36 heavy (non-hydrogen) atoms. The van der Waals surface area contributed by atoms with E-state index in [1.807, 2.05) is 24.3 Å². The van der Waals surface area contributed by atoms with E-state index in [0.717, 1.165) is 36.8 Å². The fourth-order valence-electron chi connectivity index (χ4n) is 4.24. The predicted molar refractivity (Wildman–Crippen MR) is 132 cm³/mol. The van der Waals surface area contributed by atoms with Crippen LogP contribution in [0.2, 0.25) is 0 Å². The molecule has 0 N–H and O–H groups in total. The Morgan fingerprint density at radius 1 is 0.889 bits per heavy atom. The Balaban J connectivity index is 1.29. The summed E-state index contributed by atoms with van der Waals surface area (Å²) in [5.41, 5.74) is 1.82. The zero-order valence-corrected chi connectivity index (χ0v) is 19.6. The molecule has 1 saturated heterocycles. The SMILES string of the molecule is O=c1ccc(-c2cc(F)cc(F)c2)nn1Cc1cccc(-c2ncc(OCCN3CCCC3)cn2)c1. The van der Waals surface area contributed by atoms with Crippen molar-refractivity contribution in [3.05, 3.63) is 94.5 Å². The maximum Gasteiger partial charge on any atom is 0.267 e. The van der Waals surface area contributed by atoms with Crippen molar-refractivity contribution in [3.63, 3.8) is 0 Å². The van der Waals surface area contributed by atoms with Gasteiger partial charge in [0.1, 0.15) is 18.2 Å². The van der Waals surface area contributed by atoms with Gasteiger partial charge in [0, 0.05) is 29.8 Å². The van der Waals surface area contributed by atoms with Gasteiger partial charge in [0.25, 0.3) is 5.56 Å². The number of aromatic nitrogens is 4. The number of ether oxygens (including phenoxy) is 1. The van der Waals surface area contributed by atoms with Gasteiger partial charge in [-0.2, -0.15) is 5.10 Å². The first kappa shape index (κ1) is 23.7. The zero-order valence-electron chi connectivity index (χ0n) is 19.6. The van der Waals surface area contributed by atoms with E-state index in [1.54, 1.807) is 12.4 Å². The Morgan fingerprint density at radius 3 is 2.39 bits per heavy atom. The van der Waals surface area contributed by atoms with E-state index in [1.165, 1.54) is 41.8 Å². The maximum absolute atomic E-state index is 13.6. The Kier molecular flexibility index (Phi) is 7.08. The molecule has 0 atom stereocenters. The molecule has 1 aliphatic rings. The van der Waals surface area contributed by atoms with Crippen molar-refractivity contribution in [3.8, 4) is 28.4 Å². The third kappa shape index (κ3) is 5.80. The molecule has 2 aromatic heterocycles. The van der Waals surface area contributed by atoms with Crippen LogP contribution in [0.15, 0.2) is 71.8 Å². The van der Waals surface area contributed by atoms with Gasteiger partial charge < -0.3 is 4.74 Å². The molecule has 3 heterocycles. The summed E-state index contributed by atoms with van der Waals surface area (Å²) in [7, 11) is 0. The fourth-order valence-corrected chi connectivity index (χ4v) is 4.24. The summed E-state index contributed by atoms with van der Waals surface area (Å²) in [6.45, 7) is 3.93. The summed E-state index contributed by atoms with van der Waals surface area (Å²) < 4.78 is 34.3. The zero-order chi connectivity index (χ0) is 24.9. The molecule has 0 amide bonds. The first-order chi connectivity index (χ1) is 17.5. The van der Waals surface area contributed by atoms with Crippen LogP contribution in [-0.4, -0.2) is 50.9 Å². The van der Waals surface area contributed by atoms with Crippen molar-refractivity contribution in [2.45, 2.75) is 19.4 Å². The number of rotatable bonds is 8. The Labute approximate surface area is 207 Å². The van der Waals surface area contributed by atoms with Gasteiger partial charge >= 0.3 is 0 Å². The second-order valence-corrected chi connectivity index (χ2v) is 8.71. The molecule has 0 radical (unpaired) electrons. The number of hydrogen-bond donors (Lipinski definition) is 0. The van der Waals surface area contributed by atoms with E-state index in [0.29, 0.717) is 23.9 Å². The summed E-state index contributed by atoms with van der Waals surface area (Å²) >= 11 is 0. The van der Waals surface area contributed by atoms with Crippen molar-refractivity contribution in [2.24, 2.45) is 0 Å². The lowest BCUT2D eigenvalue weighted by atomic mass is 10.1. The molecular weight excluding hydrogens is 464 g/mol. The van der Waals surface area contributed by atoms with Crippen molar-refractivity contribution in [1.82, 2.24) is 24.6 Å². The lowest BCUT2D eigenvalue weighted by molar-refractivity contribution is 0.236. The van der Waals surface area contributed by atoms with Crippen LogP contribution in [0.25, 0.3) is 22.6 Å². The van der Waals surface area contributed by atoms with Crippen LogP contribution in [0.4, 0.5) is 8.78 Å². The molecule has 184 valence electrons. The van der Waals surface area contributed by atoms with Gasteiger partial charge in [-0.1, -0.05) is 18.2 Å². The average Bonchev–Trinajstić information content (AvgIpc) is 3.39. The molecule has 0 unspecified atom stereocenters. The van der Waals surface area contributed by atoms with E-state index in [4.69, 9.17) is 4.74 Å². The second kappa shape index (κ2) is 10.7. The summed E-state index contributed by atoms with van der Waals surface area (Å²) in [6.07, 6.45) is 5.82. The monoisotopic (exact) mass is 489 g/mol. The third-order valence-corrected chi connectivity index (χ3v) is 6.05. The highest BCUT2D eigenvalue weighted by Crippen LogP contribution is 2.20. The van der Waals surface area contributed by atoms with Gasteiger partial charge in [-0.25, -0.2) is 23.4 Å². The molecule has 1 aliphatic heterocycles. The molecule has 0 aliphatic carbocycles. The third-order valence-electron chi connectivity index (χ3n) is 6.05. The summed E-state index contributed by atoms with van der Waals surface area (Å²) in [5.74, 6) is -0.260. The highest BCUT2D eigenvalue weighted by Gasteiger charge is 2.12. The predicted octanol–water partition coefficient (Wildman–Crippen LogP) is 4.17. The van der Waals surface area contributed by atoms with Gasteiger partial charge in [-0.05, 0) is 55.8 Å². The van der Waals surface area contributed by atoms with Crippen LogP contribution < -0.4 is 10.3 Å². The minimum Gasteiger partial charge on any atom is -0.489 e. The van der Waals surface area contributed by atoms with E-state index in [9.17, 15) is 13.6 Å². The minimum atomic E-state index is -0.708. The van der Waals surface area contributed by atoms with Gasteiger partial charge in [0.2, 0.25) is 0 Å². The normalized spacial score (nSPS) is 13.7. The van der Waals surface area contributed by atoms with Crippen LogP contribution in [0.3, 0.4) is 0 Å². The molecule has 2 aromatic carbocycles. The number of likely N-dealkylation sites (tertiary alicyclic amines) is 1. The van der Waals surface area contributed by atoms with Gasteiger partial charge in [-0.3, -0.25) is 9.69 Å². The molecule has 0 spiro atoms. The Hall–Kier alpha value is -3.98. The van der Waals surface area contributed by atoms with Crippen LogP contribution in [0.5, 0.6) is 5.75 Å². The molecule has 0 bridgehead atoms. The molecule has 0 saturated carbocycles.